The standard InChI is InChI=1S/C16H22N4O/c1-4-9-21-15-10-12(2)18-16(19-15)20(3)11-13-7-5-6-8-14(13)17/h5-8,10H,4,9,11,17H2,1-3H3. The second kappa shape index (κ2) is 6.92. The Morgan fingerprint density at radius 2 is 2.00 bits per heavy atom. The van der Waals surface area contributed by atoms with Gasteiger partial charge in [0.1, 0.15) is 0 Å². The lowest BCUT2D eigenvalue weighted by atomic mass is 10.2. The molecule has 0 radical (unpaired) electrons. The second-order valence-electron chi connectivity index (χ2n) is 5.05. The summed E-state index contributed by atoms with van der Waals surface area (Å²) in [5.41, 5.74) is 8.70. The van der Waals surface area contributed by atoms with Gasteiger partial charge in [-0.05, 0) is 25.0 Å². The van der Waals surface area contributed by atoms with Crippen molar-refractivity contribution in [2.75, 3.05) is 24.3 Å². The number of benzene rings is 1. The minimum absolute atomic E-state index is 0.618. The van der Waals surface area contributed by atoms with Crippen LogP contribution in [0.5, 0.6) is 5.88 Å². The number of aryl methyl sites for hydroxylation is 1. The van der Waals surface area contributed by atoms with Crippen LogP contribution in [0.2, 0.25) is 0 Å². The van der Waals surface area contributed by atoms with Crippen LogP contribution in [0.1, 0.15) is 24.6 Å². The third-order valence-corrected chi connectivity index (χ3v) is 3.08. The maximum absolute atomic E-state index is 5.98. The van der Waals surface area contributed by atoms with E-state index in [4.69, 9.17) is 10.5 Å². The zero-order valence-corrected chi connectivity index (χ0v) is 12.8. The number of para-hydroxylation sites is 1. The fraction of sp³-hybridized carbons (Fsp3) is 0.375. The van der Waals surface area contributed by atoms with Gasteiger partial charge in [0.05, 0.1) is 6.61 Å². The molecule has 0 saturated carbocycles. The van der Waals surface area contributed by atoms with Gasteiger partial charge in [-0.2, -0.15) is 4.98 Å². The third kappa shape index (κ3) is 4.08. The molecule has 0 atom stereocenters. The van der Waals surface area contributed by atoms with Crippen molar-refractivity contribution in [1.82, 2.24) is 9.97 Å². The topological polar surface area (TPSA) is 64.3 Å². The van der Waals surface area contributed by atoms with Gasteiger partial charge >= 0.3 is 0 Å². The van der Waals surface area contributed by atoms with Crippen molar-refractivity contribution < 1.29 is 4.74 Å². The first kappa shape index (κ1) is 15.1. The van der Waals surface area contributed by atoms with Crippen LogP contribution < -0.4 is 15.4 Å². The maximum Gasteiger partial charge on any atom is 0.228 e. The zero-order chi connectivity index (χ0) is 15.2. The lowest BCUT2D eigenvalue weighted by molar-refractivity contribution is 0.304. The summed E-state index contributed by atoms with van der Waals surface area (Å²) in [6, 6.07) is 9.67. The summed E-state index contributed by atoms with van der Waals surface area (Å²) in [4.78, 5) is 10.9. The molecule has 2 rings (SSSR count). The van der Waals surface area contributed by atoms with Crippen LogP contribution in [0.4, 0.5) is 11.6 Å². The molecule has 0 bridgehead atoms. The van der Waals surface area contributed by atoms with Crippen LogP contribution in [0.15, 0.2) is 30.3 Å². The number of aromatic nitrogens is 2. The highest BCUT2D eigenvalue weighted by atomic mass is 16.5. The predicted octanol–water partition coefficient (Wildman–Crippen LogP) is 2.79. The molecule has 1 aromatic heterocycles. The number of hydrogen-bond donors (Lipinski definition) is 1. The van der Waals surface area contributed by atoms with Crippen molar-refractivity contribution in [3.8, 4) is 5.88 Å². The Labute approximate surface area is 125 Å². The molecule has 112 valence electrons. The van der Waals surface area contributed by atoms with E-state index in [1.165, 1.54) is 0 Å². The molecule has 0 aliphatic carbocycles. The van der Waals surface area contributed by atoms with Gasteiger partial charge in [-0.3, -0.25) is 0 Å². The molecule has 0 fully saturated rings. The number of anilines is 2. The van der Waals surface area contributed by atoms with Gasteiger partial charge in [0, 0.05) is 31.0 Å². The van der Waals surface area contributed by atoms with Crippen LogP contribution in [-0.2, 0) is 6.54 Å². The Hall–Kier alpha value is -2.30. The molecule has 21 heavy (non-hydrogen) atoms. The highest BCUT2D eigenvalue weighted by molar-refractivity contribution is 5.48. The van der Waals surface area contributed by atoms with Gasteiger partial charge < -0.3 is 15.4 Å². The van der Waals surface area contributed by atoms with Crippen LogP contribution in [0.25, 0.3) is 0 Å². The Morgan fingerprint density at radius 3 is 2.71 bits per heavy atom. The molecule has 0 aliphatic rings. The van der Waals surface area contributed by atoms with E-state index < -0.39 is 0 Å². The van der Waals surface area contributed by atoms with Crippen molar-refractivity contribution in [2.24, 2.45) is 0 Å². The molecule has 5 heteroatoms. The van der Waals surface area contributed by atoms with E-state index in [9.17, 15) is 0 Å². The molecule has 2 aromatic rings. The molecule has 0 saturated heterocycles. The molecule has 5 nitrogen and oxygen atoms in total. The van der Waals surface area contributed by atoms with E-state index in [-0.39, 0.29) is 0 Å². The van der Waals surface area contributed by atoms with Crippen molar-refractivity contribution in [2.45, 2.75) is 26.8 Å². The summed E-state index contributed by atoms with van der Waals surface area (Å²) in [6.07, 6.45) is 0.953. The van der Waals surface area contributed by atoms with Crippen LogP contribution in [0, 0.1) is 6.92 Å². The van der Waals surface area contributed by atoms with E-state index in [1.807, 2.05) is 49.2 Å². The number of nitrogens with zero attached hydrogens (tertiary/aromatic N) is 3. The van der Waals surface area contributed by atoms with Gasteiger partial charge in [-0.1, -0.05) is 25.1 Å². The van der Waals surface area contributed by atoms with Gasteiger partial charge in [-0.25, -0.2) is 4.98 Å². The van der Waals surface area contributed by atoms with Crippen molar-refractivity contribution >= 4 is 11.6 Å². The number of hydrogen-bond acceptors (Lipinski definition) is 5. The number of nitrogen functional groups attached to an aromatic ring is 1. The van der Waals surface area contributed by atoms with Crippen LogP contribution in [0.3, 0.4) is 0 Å². The maximum atomic E-state index is 5.98. The summed E-state index contributed by atoms with van der Waals surface area (Å²) < 4.78 is 5.60. The predicted molar refractivity (Wildman–Crippen MR) is 85.5 cm³/mol. The molecule has 1 aromatic carbocycles. The summed E-state index contributed by atoms with van der Waals surface area (Å²) in [7, 11) is 1.95. The first-order chi connectivity index (χ1) is 10.1. The normalized spacial score (nSPS) is 10.4. The highest BCUT2D eigenvalue weighted by Gasteiger charge is 2.10. The van der Waals surface area contributed by atoms with Gasteiger partial charge in [0.2, 0.25) is 11.8 Å². The fourth-order valence-corrected chi connectivity index (χ4v) is 1.98. The monoisotopic (exact) mass is 286 g/mol. The SMILES string of the molecule is CCCOc1cc(C)nc(N(C)Cc2ccccc2N)n1. The number of rotatable bonds is 6. The molecule has 0 spiro atoms. The quantitative estimate of drug-likeness (QED) is 0.827. The van der Waals surface area contributed by atoms with Crippen LogP contribution >= 0.6 is 0 Å². The summed E-state index contributed by atoms with van der Waals surface area (Å²) in [6.45, 7) is 5.32. The zero-order valence-electron chi connectivity index (χ0n) is 12.8. The van der Waals surface area contributed by atoms with E-state index in [1.54, 1.807) is 0 Å². The van der Waals surface area contributed by atoms with E-state index in [0.717, 1.165) is 23.4 Å². The van der Waals surface area contributed by atoms with E-state index in [2.05, 4.69) is 16.9 Å². The number of nitrogens with two attached hydrogens (primary N) is 1. The number of ether oxygens (including phenoxy) is 1. The molecule has 0 unspecified atom stereocenters. The Bertz CT molecular complexity index is 601. The second-order valence-corrected chi connectivity index (χ2v) is 5.05. The largest absolute Gasteiger partial charge is 0.478 e. The lowest BCUT2D eigenvalue weighted by Crippen LogP contribution is -2.20. The van der Waals surface area contributed by atoms with Crippen molar-refractivity contribution in [1.29, 1.82) is 0 Å². The minimum Gasteiger partial charge on any atom is -0.478 e. The van der Waals surface area contributed by atoms with Crippen molar-refractivity contribution in [3.05, 3.63) is 41.6 Å². The summed E-state index contributed by atoms with van der Waals surface area (Å²) in [5, 5.41) is 0. The molecular weight excluding hydrogens is 264 g/mol. The summed E-state index contributed by atoms with van der Waals surface area (Å²) >= 11 is 0. The minimum atomic E-state index is 0.618. The van der Waals surface area contributed by atoms with E-state index >= 15 is 0 Å². The molecular formula is C16H22N4O. The average molecular weight is 286 g/mol. The first-order valence-corrected chi connectivity index (χ1v) is 7.13. The molecule has 2 N–H and O–H groups in total. The van der Waals surface area contributed by atoms with Gasteiger partial charge in [0.15, 0.2) is 0 Å². The molecule has 0 amide bonds. The van der Waals surface area contributed by atoms with Gasteiger partial charge in [-0.15, -0.1) is 0 Å². The molecule has 0 aliphatic heterocycles. The average Bonchev–Trinajstić information content (AvgIpc) is 2.47. The molecule has 1 heterocycles. The highest BCUT2D eigenvalue weighted by Crippen LogP contribution is 2.19. The Balaban J connectivity index is 2.16. The van der Waals surface area contributed by atoms with Gasteiger partial charge in [0.25, 0.3) is 0 Å². The Morgan fingerprint density at radius 1 is 1.24 bits per heavy atom. The first-order valence-electron chi connectivity index (χ1n) is 7.13. The fourth-order valence-electron chi connectivity index (χ4n) is 1.98. The van der Waals surface area contributed by atoms with E-state index in [0.29, 0.717) is 25.0 Å². The van der Waals surface area contributed by atoms with Crippen molar-refractivity contribution in [3.63, 3.8) is 0 Å². The van der Waals surface area contributed by atoms with Crippen LogP contribution in [-0.4, -0.2) is 23.6 Å². The third-order valence-electron chi connectivity index (χ3n) is 3.08. The Kier molecular flexibility index (Phi) is 4.98. The smallest absolute Gasteiger partial charge is 0.228 e. The summed E-state index contributed by atoms with van der Waals surface area (Å²) in [5.74, 6) is 1.26. The lowest BCUT2D eigenvalue weighted by Gasteiger charge is -2.19.